The van der Waals surface area contributed by atoms with Crippen molar-refractivity contribution in [2.24, 2.45) is 5.92 Å². The predicted molar refractivity (Wildman–Crippen MR) is 113 cm³/mol. The Labute approximate surface area is 163 Å². The van der Waals surface area contributed by atoms with E-state index in [0.29, 0.717) is 0 Å². The first-order chi connectivity index (χ1) is 13.1. The maximum atomic E-state index is 5.51. The van der Waals surface area contributed by atoms with Gasteiger partial charge in [0.2, 0.25) is 0 Å². The highest BCUT2D eigenvalue weighted by Gasteiger charge is 2.28. The van der Waals surface area contributed by atoms with Crippen molar-refractivity contribution in [2.75, 3.05) is 31.2 Å². The molecule has 4 rings (SSSR count). The van der Waals surface area contributed by atoms with E-state index in [9.17, 15) is 0 Å². The van der Waals surface area contributed by atoms with Crippen LogP contribution in [0.15, 0.2) is 18.2 Å². The molecule has 0 atom stereocenters. The van der Waals surface area contributed by atoms with Crippen LogP contribution in [0.3, 0.4) is 0 Å². The van der Waals surface area contributed by atoms with Gasteiger partial charge in [-0.05, 0) is 43.4 Å². The highest BCUT2D eigenvalue weighted by atomic mass is 16.5. The molecule has 2 heterocycles. The third kappa shape index (κ3) is 3.87. The summed E-state index contributed by atoms with van der Waals surface area (Å²) >= 11 is 0. The van der Waals surface area contributed by atoms with Crippen molar-refractivity contribution in [2.45, 2.75) is 71.3 Å². The molecule has 1 aliphatic heterocycles. The first-order valence-corrected chi connectivity index (χ1v) is 10.9. The van der Waals surface area contributed by atoms with E-state index in [1.165, 1.54) is 49.1 Å². The van der Waals surface area contributed by atoms with Crippen molar-refractivity contribution in [3.63, 3.8) is 0 Å². The Bertz CT molecular complexity index is 767. The third-order valence-electron chi connectivity index (χ3n) is 6.76. The predicted octanol–water partition coefficient (Wildman–Crippen LogP) is 5.14. The van der Waals surface area contributed by atoms with Crippen molar-refractivity contribution < 1.29 is 4.74 Å². The lowest BCUT2D eigenvalue weighted by Crippen LogP contribution is -2.36. The number of nitrogens with zero attached hydrogens (tertiary/aromatic N) is 3. The topological polar surface area (TPSA) is 30.3 Å². The number of anilines is 1. The Kier molecular flexibility index (Phi) is 5.45. The SMILES string of the molecule is CCC(C)(C)c1nc2cc(N3CCOCC3)ccc2n1CC1CCCCC1. The second kappa shape index (κ2) is 7.83. The van der Waals surface area contributed by atoms with Crippen LogP contribution in [0.4, 0.5) is 5.69 Å². The monoisotopic (exact) mass is 369 g/mol. The standard InChI is InChI=1S/C23H35N3O/c1-4-23(2,3)22-24-20-16-19(25-12-14-27-15-13-25)10-11-21(20)26(22)17-18-8-6-5-7-9-18/h10-11,16,18H,4-9,12-15,17H2,1-3H3. The second-order valence-corrected chi connectivity index (χ2v) is 9.06. The summed E-state index contributed by atoms with van der Waals surface area (Å²) in [4.78, 5) is 7.61. The molecule has 4 heteroatoms. The second-order valence-electron chi connectivity index (χ2n) is 9.06. The van der Waals surface area contributed by atoms with Crippen molar-refractivity contribution in [1.82, 2.24) is 9.55 Å². The molecule has 148 valence electrons. The van der Waals surface area contributed by atoms with Crippen molar-refractivity contribution in [3.8, 4) is 0 Å². The highest BCUT2D eigenvalue weighted by molar-refractivity contribution is 5.81. The lowest BCUT2D eigenvalue weighted by Gasteiger charge is -2.29. The number of morpholine rings is 1. The number of ether oxygens (including phenoxy) is 1. The Morgan fingerprint density at radius 1 is 1.11 bits per heavy atom. The number of benzene rings is 1. The van der Waals surface area contributed by atoms with Gasteiger partial charge in [-0.2, -0.15) is 0 Å². The number of rotatable bonds is 5. The highest BCUT2D eigenvalue weighted by Crippen LogP contribution is 2.34. The van der Waals surface area contributed by atoms with Crippen LogP contribution in [0.1, 0.15) is 65.1 Å². The Morgan fingerprint density at radius 3 is 2.56 bits per heavy atom. The van der Waals surface area contributed by atoms with Gasteiger partial charge in [-0.1, -0.05) is 40.0 Å². The molecule has 0 bridgehead atoms. The zero-order valence-corrected chi connectivity index (χ0v) is 17.3. The Hall–Kier alpha value is -1.55. The average Bonchev–Trinajstić information content (AvgIpc) is 3.08. The zero-order chi connectivity index (χ0) is 18.9. The van der Waals surface area contributed by atoms with Crippen LogP contribution in [0.5, 0.6) is 0 Å². The van der Waals surface area contributed by atoms with E-state index in [4.69, 9.17) is 9.72 Å². The minimum atomic E-state index is 0.104. The van der Waals surface area contributed by atoms with Crippen LogP contribution in [-0.4, -0.2) is 35.9 Å². The summed E-state index contributed by atoms with van der Waals surface area (Å²) in [6.07, 6.45) is 8.06. The third-order valence-corrected chi connectivity index (χ3v) is 6.76. The van der Waals surface area contributed by atoms with E-state index in [2.05, 4.69) is 48.4 Å². The molecule has 4 nitrogen and oxygen atoms in total. The molecule has 0 amide bonds. The molecule has 1 saturated heterocycles. The Balaban J connectivity index is 1.72. The maximum absolute atomic E-state index is 5.51. The van der Waals surface area contributed by atoms with Crippen LogP contribution in [0.25, 0.3) is 11.0 Å². The zero-order valence-electron chi connectivity index (χ0n) is 17.3. The number of fused-ring (bicyclic) bond motifs is 1. The summed E-state index contributed by atoms with van der Waals surface area (Å²) in [5, 5.41) is 0. The number of aromatic nitrogens is 2. The summed E-state index contributed by atoms with van der Waals surface area (Å²) in [5.74, 6) is 2.08. The molecular formula is C23H35N3O. The van der Waals surface area contributed by atoms with Crippen molar-refractivity contribution in [3.05, 3.63) is 24.0 Å². The van der Waals surface area contributed by atoms with E-state index in [1.54, 1.807) is 0 Å². The van der Waals surface area contributed by atoms with Crippen molar-refractivity contribution in [1.29, 1.82) is 0 Å². The number of imidazole rings is 1. The van der Waals surface area contributed by atoms with Gasteiger partial charge in [0, 0.05) is 30.7 Å². The van der Waals surface area contributed by atoms with E-state index in [1.807, 2.05) is 0 Å². The van der Waals surface area contributed by atoms with Gasteiger partial charge in [-0.15, -0.1) is 0 Å². The minimum absolute atomic E-state index is 0.104. The maximum Gasteiger partial charge on any atom is 0.115 e. The largest absolute Gasteiger partial charge is 0.378 e. The number of hydrogen-bond donors (Lipinski definition) is 0. The van der Waals surface area contributed by atoms with Gasteiger partial charge >= 0.3 is 0 Å². The fourth-order valence-electron chi connectivity index (χ4n) is 4.62. The van der Waals surface area contributed by atoms with Crippen LogP contribution < -0.4 is 4.90 Å². The Morgan fingerprint density at radius 2 is 1.85 bits per heavy atom. The van der Waals surface area contributed by atoms with Gasteiger partial charge < -0.3 is 14.2 Å². The summed E-state index contributed by atoms with van der Waals surface area (Å²) in [7, 11) is 0. The first kappa shape index (κ1) is 18.8. The molecule has 2 fully saturated rings. The molecular weight excluding hydrogens is 334 g/mol. The lowest BCUT2D eigenvalue weighted by molar-refractivity contribution is 0.122. The quantitative estimate of drug-likeness (QED) is 0.731. The fourth-order valence-corrected chi connectivity index (χ4v) is 4.62. The fraction of sp³-hybridized carbons (Fsp3) is 0.696. The van der Waals surface area contributed by atoms with E-state index in [0.717, 1.165) is 50.7 Å². The van der Waals surface area contributed by atoms with Gasteiger partial charge in [-0.3, -0.25) is 0 Å². The van der Waals surface area contributed by atoms with E-state index < -0.39 is 0 Å². The van der Waals surface area contributed by atoms with Gasteiger partial charge in [-0.25, -0.2) is 4.98 Å². The molecule has 0 spiro atoms. The average molecular weight is 370 g/mol. The molecule has 2 aromatic rings. The van der Waals surface area contributed by atoms with Gasteiger partial charge in [0.05, 0.1) is 24.2 Å². The van der Waals surface area contributed by atoms with Gasteiger partial charge in [0.15, 0.2) is 0 Å². The number of hydrogen-bond acceptors (Lipinski definition) is 3. The molecule has 27 heavy (non-hydrogen) atoms. The molecule has 1 aliphatic carbocycles. The summed E-state index contributed by atoms with van der Waals surface area (Å²) in [5.41, 5.74) is 3.86. The van der Waals surface area contributed by atoms with Gasteiger partial charge in [0.1, 0.15) is 5.82 Å². The summed E-state index contributed by atoms with van der Waals surface area (Å²) < 4.78 is 8.07. The first-order valence-electron chi connectivity index (χ1n) is 10.9. The lowest BCUT2D eigenvalue weighted by atomic mass is 9.87. The molecule has 1 saturated carbocycles. The molecule has 2 aliphatic rings. The van der Waals surface area contributed by atoms with Crippen LogP contribution in [0, 0.1) is 5.92 Å². The summed E-state index contributed by atoms with van der Waals surface area (Å²) in [6.45, 7) is 11.7. The van der Waals surface area contributed by atoms with Gasteiger partial charge in [0.25, 0.3) is 0 Å². The molecule has 1 aromatic carbocycles. The van der Waals surface area contributed by atoms with Crippen molar-refractivity contribution >= 4 is 16.7 Å². The van der Waals surface area contributed by atoms with E-state index in [-0.39, 0.29) is 5.41 Å². The van der Waals surface area contributed by atoms with Crippen LogP contribution >= 0.6 is 0 Å². The minimum Gasteiger partial charge on any atom is -0.378 e. The molecule has 0 unspecified atom stereocenters. The smallest absolute Gasteiger partial charge is 0.115 e. The molecule has 0 N–H and O–H groups in total. The normalized spacial score (nSPS) is 19.7. The summed E-state index contributed by atoms with van der Waals surface area (Å²) in [6, 6.07) is 6.90. The molecule has 1 aromatic heterocycles. The van der Waals surface area contributed by atoms with Crippen LogP contribution in [0.2, 0.25) is 0 Å². The molecule has 0 radical (unpaired) electrons. The van der Waals surface area contributed by atoms with Crippen LogP contribution in [-0.2, 0) is 16.7 Å². The van der Waals surface area contributed by atoms with E-state index >= 15 is 0 Å².